The highest BCUT2D eigenvalue weighted by Crippen LogP contribution is 2.31. The number of aliphatic hydroxyl groups is 1. The summed E-state index contributed by atoms with van der Waals surface area (Å²) in [5.74, 6) is 0.847. The van der Waals surface area contributed by atoms with Gasteiger partial charge < -0.3 is 20.5 Å². The summed E-state index contributed by atoms with van der Waals surface area (Å²) < 4.78 is 5.71. The lowest BCUT2D eigenvalue weighted by Crippen LogP contribution is -2.45. The third-order valence-electron chi connectivity index (χ3n) is 4.61. The Morgan fingerprint density at radius 2 is 2.05 bits per heavy atom. The van der Waals surface area contributed by atoms with Gasteiger partial charge in [-0.1, -0.05) is 31.0 Å². The SMILES string of the molecule is O=C(NCC1(O)CCCC1)NC1CCCOc2ccccc21. The smallest absolute Gasteiger partial charge is 0.315 e. The lowest BCUT2D eigenvalue weighted by Gasteiger charge is -2.24. The van der Waals surface area contributed by atoms with Crippen molar-refractivity contribution in [1.82, 2.24) is 10.6 Å². The quantitative estimate of drug-likeness (QED) is 0.803. The Hall–Kier alpha value is -1.75. The molecule has 1 fully saturated rings. The molecule has 1 unspecified atom stereocenters. The number of ether oxygens (including phenoxy) is 1. The second-order valence-corrected chi connectivity index (χ2v) is 6.34. The van der Waals surface area contributed by atoms with Crippen molar-refractivity contribution < 1.29 is 14.6 Å². The minimum absolute atomic E-state index is 0.0445. The Morgan fingerprint density at radius 3 is 2.86 bits per heavy atom. The van der Waals surface area contributed by atoms with Gasteiger partial charge in [0.05, 0.1) is 18.2 Å². The number of carbonyl (C=O) groups excluding carboxylic acids is 1. The largest absolute Gasteiger partial charge is 0.493 e. The van der Waals surface area contributed by atoms with Crippen molar-refractivity contribution in [3.63, 3.8) is 0 Å². The maximum atomic E-state index is 12.2. The van der Waals surface area contributed by atoms with Gasteiger partial charge in [0.1, 0.15) is 5.75 Å². The number of amides is 2. The fourth-order valence-corrected chi connectivity index (χ4v) is 3.34. The van der Waals surface area contributed by atoms with E-state index in [-0.39, 0.29) is 12.1 Å². The molecular weight excluding hydrogens is 280 g/mol. The lowest BCUT2D eigenvalue weighted by molar-refractivity contribution is 0.0500. The number of hydrogen-bond acceptors (Lipinski definition) is 3. The van der Waals surface area contributed by atoms with Crippen LogP contribution in [0.5, 0.6) is 5.75 Å². The molecule has 1 aromatic rings. The van der Waals surface area contributed by atoms with Gasteiger partial charge in [0, 0.05) is 12.1 Å². The first-order valence-electron chi connectivity index (χ1n) is 8.15. The standard InChI is InChI=1S/C17H24N2O3/c20-16(18-12-17(21)9-3-4-10-17)19-14-7-5-11-22-15-8-2-1-6-13(14)15/h1-2,6,8,14,21H,3-5,7,9-12H2,(H2,18,19,20). The maximum Gasteiger partial charge on any atom is 0.315 e. The minimum Gasteiger partial charge on any atom is -0.493 e. The van der Waals surface area contributed by atoms with Gasteiger partial charge in [-0.3, -0.25) is 0 Å². The molecule has 3 rings (SSSR count). The molecule has 0 bridgehead atoms. The summed E-state index contributed by atoms with van der Waals surface area (Å²) in [4.78, 5) is 12.2. The summed E-state index contributed by atoms with van der Waals surface area (Å²) in [6.45, 7) is 1.00. The second kappa shape index (κ2) is 6.57. The maximum absolute atomic E-state index is 12.2. The molecule has 3 N–H and O–H groups in total. The number of hydrogen-bond donors (Lipinski definition) is 3. The van der Waals surface area contributed by atoms with Crippen molar-refractivity contribution >= 4 is 6.03 Å². The van der Waals surface area contributed by atoms with Crippen molar-refractivity contribution in [3.8, 4) is 5.75 Å². The van der Waals surface area contributed by atoms with E-state index >= 15 is 0 Å². The summed E-state index contributed by atoms with van der Waals surface area (Å²) in [7, 11) is 0. The average Bonchev–Trinajstić information content (AvgIpc) is 2.86. The van der Waals surface area contributed by atoms with E-state index in [2.05, 4.69) is 10.6 Å². The van der Waals surface area contributed by atoms with Crippen LogP contribution in [0, 0.1) is 0 Å². The van der Waals surface area contributed by atoms with Crippen molar-refractivity contribution in [3.05, 3.63) is 29.8 Å². The Labute approximate surface area is 131 Å². The zero-order valence-corrected chi connectivity index (χ0v) is 12.8. The first-order chi connectivity index (χ1) is 10.7. The lowest BCUT2D eigenvalue weighted by atomic mass is 10.0. The van der Waals surface area contributed by atoms with E-state index in [1.54, 1.807) is 0 Å². The molecule has 5 heteroatoms. The van der Waals surface area contributed by atoms with E-state index in [1.807, 2.05) is 24.3 Å². The molecule has 1 saturated carbocycles. The summed E-state index contributed by atoms with van der Waals surface area (Å²) in [6, 6.07) is 7.57. The average molecular weight is 304 g/mol. The summed E-state index contributed by atoms with van der Waals surface area (Å²) in [5, 5.41) is 16.1. The van der Waals surface area contributed by atoms with E-state index < -0.39 is 5.60 Å². The number of fused-ring (bicyclic) bond motifs is 1. The number of para-hydroxylation sites is 1. The molecule has 0 aromatic heterocycles. The van der Waals surface area contributed by atoms with Crippen LogP contribution in [0.25, 0.3) is 0 Å². The van der Waals surface area contributed by atoms with Gasteiger partial charge in [0.15, 0.2) is 0 Å². The van der Waals surface area contributed by atoms with Crippen molar-refractivity contribution in [2.24, 2.45) is 0 Å². The molecule has 2 amide bonds. The molecule has 1 aliphatic heterocycles. The zero-order valence-electron chi connectivity index (χ0n) is 12.8. The predicted molar refractivity (Wildman–Crippen MR) is 83.9 cm³/mol. The highest BCUT2D eigenvalue weighted by molar-refractivity contribution is 5.74. The minimum atomic E-state index is -0.720. The number of urea groups is 1. The molecule has 0 spiro atoms. The molecule has 2 aliphatic rings. The molecule has 1 aliphatic carbocycles. The van der Waals surface area contributed by atoms with Crippen LogP contribution in [0.1, 0.15) is 50.1 Å². The van der Waals surface area contributed by atoms with Crippen LogP contribution < -0.4 is 15.4 Å². The van der Waals surface area contributed by atoms with Gasteiger partial charge in [0.2, 0.25) is 0 Å². The molecule has 1 atom stereocenters. The van der Waals surface area contributed by atoms with Crippen molar-refractivity contribution in [2.45, 2.75) is 50.2 Å². The van der Waals surface area contributed by atoms with E-state index in [9.17, 15) is 9.90 Å². The number of rotatable bonds is 3. The third-order valence-corrected chi connectivity index (χ3v) is 4.61. The molecule has 0 saturated heterocycles. The monoisotopic (exact) mass is 304 g/mol. The van der Waals surface area contributed by atoms with E-state index in [1.165, 1.54) is 0 Å². The Bertz CT molecular complexity index is 526. The van der Waals surface area contributed by atoms with Crippen LogP contribution in [0.4, 0.5) is 4.79 Å². The van der Waals surface area contributed by atoms with Crippen LogP contribution in [-0.2, 0) is 0 Å². The molecule has 1 heterocycles. The van der Waals surface area contributed by atoms with E-state index in [4.69, 9.17) is 4.74 Å². The first kappa shape index (κ1) is 15.2. The van der Waals surface area contributed by atoms with Gasteiger partial charge in [-0.05, 0) is 31.7 Å². The first-order valence-corrected chi connectivity index (χ1v) is 8.15. The predicted octanol–water partition coefficient (Wildman–Crippen LogP) is 2.50. The molecule has 5 nitrogen and oxygen atoms in total. The summed E-state index contributed by atoms with van der Waals surface area (Å²) in [5.41, 5.74) is 0.302. The second-order valence-electron chi connectivity index (χ2n) is 6.34. The highest BCUT2D eigenvalue weighted by Gasteiger charge is 2.31. The van der Waals surface area contributed by atoms with Crippen molar-refractivity contribution in [1.29, 1.82) is 0 Å². The summed E-state index contributed by atoms with van der Waals surface area (Å²) in [6.07, 6.45) is 5.37. The normalized spacial score (nSPS) is 23.0. The molecule has 120 valence electrons. The van der Waals surface area contributed by atoms with Crippen LogP contribution in [0.3, 0.4) is 0 Å². The molecular formula is C17H24N2O3. The Balaban J connectivity index is 1.59. The van der Waals surface area contributed by atoms with E-state index in [0.717, 1.165) is 49.8 Å². The van der Waals surface area contributed by atoms with Gasteiger partial charge in [-0.2, -0.15) is 0 Å². The van der Waals surface area contributed by atoms with Crippen LogP contribution in [-0.4, -0.2) is 29.9 Å². The third kappa shape index (κ3) is 3.53. The number of nitrogens with one attached hydrogen (secondary N) is 2. The van der Waals surface area contributed by atoms with Crippen LogP contribution in [0.15, 0.2) is 24.3 Å². The van der Waals surface area contributed by atoms with Crippen LogP contribution >= 0.6 is 0 Å². The van der Waals surface area contributed by atoms with Gasteiger partial charge >= 0.3 is 6.03 Å². The molecule has 0 radical (unpaired) electrons. The highest BCUT2D eigenvalue weighted by atomic mass is 16.5. The molecule has 1 aromatic carbocycles. The van der Waals surface area contributed by atoms with Gasteiger partial charge in [-0.25, -0.2) is 4.79 Å². The molecule has 22 heavy (non-hydrogen) atoms. The van der Waals surface area contributed by atoms with E-state index in [0.29, 0.717) is 13.2 Å². The topological polar surface area (TPSA) is 70.6 Å². The fourth-order valence-electron chi connectivity index (χ4n) is 3.34. The van der Waals surface area contributed by atoms with Gasteiger partial charge in [-0.15, -0.1) is 0 Å². The Morgan fingerprint density at radius 1 is 1.27 bits per heavy atom. The van der Waals surface area contributed by atoms with Crippen molar-refractivity contribution in [2.75, 3.05) is 13.2 Å². The number of benzene rings is 1. The fraction of sp³-hybridized carbons (Fsp3) is 0.588. The zero-order chi connectivity index (χ0) is 15.4. The number of carbonyl (C=O) groups is 1. The van der Waals surface area contributed by atoms with Gasteiger partial charge in [0.25, 0.3) is 0 Å². The Kier molecular flexibility index (Phi) is 4.52. The van der Waals surface area contributed by atoms with Crippen LogP contribution in [0.2, 0.25) is 0 Å². The summed E-state index contributed by atoms with van der Waals surface area (Å²) >= 11 is 0.